The molecule has 1 unspecified atom stereocenters. The van der Waals surface area contributed by atoms with Crippen LogP contribution in [-0.2, 0) is 4.79 Å². The molecule has 0 bridgehead atoms. The summed E-state index contributed by atoms with van der Waals surface area (Å²) in [6.45, 7) is 4.01. The number of nitrogens with one attached hydrogen (secondary N) is 2. The highest BCUT2D eigenvalue weighted by Gasteiger charge is 2.20. The van der Waals surface area contributed by atoms with Gasteiger partial charge in [0.15, 0.2) is 0 Å². The van der Waals surface area contributed by atoms with Crippen LogP contribution in [0.4, 0.5) is 6.01 Å². The predicted octanol–water partition coefficient (Wildman–Crippen LogP) is 0.000320. The van der Waals surface area contributed by atoms with Crippen molar-refractivity contribution in [2.75, 3.05) is 32.0 Å². The molecule has 0 radical (unpaired) electrons. The van der Waals surface area contributed by atoms with Gasteiger partial charge in [-0.1, -0.05) is 5.10 Å². The zero-order valence-electron chi connectivity index (χ0n) is 10.8. The lowest BCUT2D eigenvalue weighted by Crippen LogP contribution is -2.46. The standard InChI is InChI=1S/C11H19N5O2/c1-8-14-15-11(18-8)13-10(17)7-16(2)9-4-3-5-12-6-9/h9,12H,3-7H2,1-2H3,(H,13,15,17). The zero-order valence-corrected chi connectivity index (χ0v) is 10.8. The summed E-state index contributed by atoms with van der Waals surface area (Å²) in [7, 11) is 1.95. The molecule has 1 atom stereocenters. The average Bonchev–Trinajstić information content (AvgIpc) is 2.75. The first-order valence-electron chi connectivity index (χ1n) is 6.16. The maximum Gasteiger partial charge on any atom is 0.322 e. The van der Waals surface area contributed by atoms with E-state index in [1.807, 2.05) is 11.9 Å². The number of hydrogen-bond acceptors (Lipinski definition) is 6. The Morgan fingerprint density at radius 1 is 1.61 bits per heavy atom. The number of rotatable bonds is 4. The Labute approximate surface area is 106 Å². The smallest absolute Gasteiger partial charge is 0.322 e. The lowest BCUT2D eigenvalue weighted by molar-refractivity contribution is -0.117. The van der Waals surface area contributed by atoms with Gasteiger partial charge in [0.05, 0.1) is 6.54 Å². The predicted molar refractivity (Wildman–Crippen MR) is 66.2 cm³/mol. The van der Waals surface area contributed by atoms with Crippen LogP contribution in [0.3, 0.4) is 0 Å². The number of aryl methyl sites for hydroxylation is 1. The lowest BCUT2D eigenvalue weighted by Gasteiger charge is -2.30. The van der Waals surface area contributed by atoms with E-state index in [0.717, 1.165) is 25.9 Å². The van der Waals surface area contributed by atoms with Gasteiger partial charge in [-0.25, -0.2) is 0 Å². The number of likely N-dealkylation sites (N-methyl/N-ethyl adjacent to an activating group) is 1. The number of hydrogen-bond donors (Lipinski definition) is 2. The van der Waals surface area contributed by atoms with Gasteiger partial charge in [0.1, 0.15) is 0 Å². The summed E-state index contributed by atoms with van der Waals surface area (Å²) in [5, 5.41) is 13.3. The minimum atomic E-state index is -0.133. The fourth-order valence-corrected chi connectivity index (χ4v) is 2.07. The molecule has 2 rings (SSSR count). The fraction of sp³-hybridized carbons (Fsp3) is 0.727. The molecule has 1 aromatic heterocycles. The van der Waals surface area contributed by atoms with E-state index in [0.29, 0.717) is 18.5 Å². The van der Waals surface area contributed by atoms with Crippen LogP contribution in [0, 0.1) is 6.92 Å². The van der Waals surface area contributed by atoms with Crippen molar-refractivity contribution < 1.29 is 9.21 Å². The van der Waals surface area contributed by atoms with Gasteiger partial charge in [0, 0.05) is 19.5 Å². The van der Waals surface area contributed by atoms with Crippen molar-refractivity contribution in [3.63, 3.8) is 0 Å². The molecule has 0 aromatic carbocycles. The van der Waals surface area contributed by atoms with Crippen LogP contribution in [0.2, 0.25) is 0 Å². The van der Waals surface area contributed by atoms with E-state index in [1.165, 1.54) is 0 Å². The Morgan fingerprint density at radius 3 is 3.06 bits per heavy atom. The van der Waals surface area contributed by atoms with Gasteiger partial charge in [-0.2, -0.15) is 0 Å². The third-order valence-corrected chi connectivity index (χ3v) is 3.06. The van der Waals surface area contributed by atoms with E-state index in [1.54, 1.807) is 6.92 Å². The van der Waals surface area contributed by atoms with Crippen LogP contribution in [0.1, 0.15) is 18.7 Å². The molecule has 18 heavy (non-hydrogen) atoms. The number of amides is 1. The van der Waals surface area contributed by atoms with Gasteiger partial charge in [-0.15, -0.1) is 5.10 Å². The minimum Gasteiger partial charge on any atom is -0.408 e. The van der Waals surface area contributed by atoms with Crippen molar-refractivity contribution >= 4 is 11.9 Å². The molecule has 0 aliphatic carbocycles. The van der Waals surface area contributed by atoms with E-state index in [9.17, 15) is 4.79 Å². The summed E-state index contributed by atoms with van der Waals surface area (Å²) in [6.07, 6.45) is 2.27. The highest BCUT2D eigenvalue weighted by atomic mass is 16.4. The number of nitrogens with zero attached hydrogens (tertiary/aromatic N) is 3. The van der Waals surface area contributed by atoms with Gasteiger partial charge in [-0.3, -0.25) is 15.0 Å². The number of carbonyl (C=O) groups is 1. The van der Waals surface area contributed by atoms with Gasteiger partial charge < -0.3 is 9.73 Å². The van der Waals surface area contributed by atoms with Crippen molar-refractivity contribution in [2.45, 2.75) is 25.8 Å². The molecule has 0 spiro atoms. The van der Waals surface area contributed by atoms with Gasteiger partial charge in [0.25, 0.3) is 0 Å². The zero-order chi connectivity index (χ0) is 13.0. The molecular formula is C11H19N5O2. The van der Waals surface area contributed by atoms with Crippen LogP contribution < -0.4 is 10.6 Å². The first-order chi connectivity index (χ1) is 8.65. The Balaban J connectivity index is 1.79. The Hall–Kier alpha value is -1.47. The molecule has 2 N–H and O–H groups in total. The largest absolute Gasteiger partial charge is 0.408 e. The van der Waals surface area contributed by atoms with E-state index < -0.39 is 0 Å². The van der Waals surface area contributed by atoms with Crippen LogP contribution >= 0.6 is 0 Å². The first kappa shape index (κ1) is 13.0. The molecule has 1 saturated heterocycles. The number of piperidine rings is 1. The van der Waals surface area contributed by atoms with Gasteiger partial charge in [0.2, 0.25) is 11.8 Å². The number of carbonyl (C=O) groups excluding carboxylic acids is 1. The molecule has 7 heteroatoms. The van der Waals surface area contributed by atoms with Crippen LogP contribution in [0.5, 0.6) is 0 Å². The summed E-state index contributed by atoms with van der Waals surface area (Å²) in [5.41, 5.74) is 0. The molecular weight excluding hydrogens is 234 g/mol. The molecule has 2 heterocycles. The second-order valence-corrected chi connectivity index (χ2v) is 4.59. The Morgan fingerprint density at radius 2 is 2.44 bits per heavy atom. The monoisotopic (exact) mass is 253 g/mol. The molecule has 1 aromatic rings. The summed E-state index contributed by atoms with van der Waals surface area (Å²) in [6, 6.07) is 0.571. The summed E-state index contributed by atoms with van der Waals surface area (Å²) >= 11 is 0. The fourth-order valence-electron chi connectivity index (χ4n) is 2.07. The molecule has 1 amide bonds. The third kappa shape index (κ3) is 3.51. The van der Waals surface area contributed by atoms with E-state index >= 15 is 0 Å². The maximum atomic E-state index is 11.8. The average molecular weight is 253 g/mol. The third-order valence-electron chi connectivity index (χ3n) is 3.06. The van der Waals surface area contributed by atoms with E-state index in [4.69, 9.17) is 4.42 Å². The minimum absolute atomic E-state index is 0.133. The number of anilines is 1. The number of aromatic nitrogens is 2. The first-order valence-corrected chi connectivity index (χ1v) is 6.16. The SMILES string of the molecule is Cc1nnc(NC(=O)CN(C)C2CCCNC2)o1. The quantitative estimate of drug-likeness (QED) is 0.786. The molecule has 1 aliphatic rings. The van der Waals surface area contributed by atoms with Gasteiger partial charge >= 0.3 is 6.01 Å². The molecule has 7 nitrogen and oxygen atoms in total. The lowest BCUT2D eigenvalue weighted by atomic mass is 10.1. The van der Waals surface area contributed by atoms with Crippen molar-refractivity contribution in [1.29, 1.82) is 0 Å². The van der Waals surface area contributed by atoms with Crippen molar-refractivity contribution in [2.24, 2.45) is 0 Å². The van der Waals surface area contributed by atoms with Crippen LogP contribution in [-0.4, -0.2) is 53.7 Å². The summed E-state index contributed by atoms with van der Waals surface area (Å²) < 4.78 is 5.10. The second-order valence-electron chi connectivity index (χ2n) is 4.59. The van der Waals surface area contributed by atoms with Crippen molar-refractivity contribution in [1.82, 2.24) is 20.4 Å². The Bertz CT molecular complexity index is 400. The van der Waals surface area contributed by atoms with E-state index in [2.05, 4.69) is 20.8 Å². The molecule has 0 saturated carbocycles. The summed E-state index contributed by atoms with van der Waals surface area (Å²) in [5.74, 6) is 0.307. The summed E-state index contributed by atoms with van der Waals surface area (Å²) in [4.78, 5) is 13.8. The van der Waals surface area contributed by atoms with Crippen molar-refractivity contribution in [3.05, 3.63) is 5.89 Å². The highest BCUT2D eigenvalue weighted by Crippen LogP contribution is 2.09. The maximum absolute atomic E-state index is 11.8. The Kier molecular flexibility index (Phi) is 4.27. The topological polar surface area (TPSA) is 83.3 Å². The van der Waals surface area contributed by atoms with Gasteiger partial charge in [-0.05, 0) is 26.4 Å². The van der Waals surface area contributed by atoms with Crippen LogP contribution in [0.15, 0.2) is 4.42 Å². The van der Waals surface area contributed by atoms with E-state index in [-0.39, 0.29) is 11.9 Å². The molecule has 1 fully saturated rings. The van der Waals surface area contributed by atoms with Crippen LogP contribution in [0.25, 0.3) is 0 Å². The highest BCUT2D eigenvalue weighted by molar-refractivity contribution is 5.90. The molecule has 1 aliphatic heterocycles. The second kappa shape index (κ2) is 5.92. The van der Waals surface area contributed by atoms with Crippen molar-refractivity contribution in [3.8, 4) is 0 Å². The normalized spacial score (nSPS) is 20.1. The molecule has 100 valence electrons.